The number of nitrogens with one attached hydrogen (secondary N) is 2. The van der Waals surface area contributed by atoms with Crippen molar-refractivity contribution < 1.29 is 28.6 Å². The second kappa shape index (κ2) is 9.37. The molecule has 3 heterocycles. The Hall–Kier alpha value is -4.54. The minimum atomic E-state index is -0.519. The summed E-state index contributed by atoms with van der Waals surface area (Å²) in [6.45, 7) is 0.374. The predicted molar refractivity (Wildman–Crippen MR) is 126 cm³/mol. The molecule has 2 aliphatic rings. The van der Waals surface area contributed by atoms with Gasteiger partial charge < -0.3 is 29.7 Å². The molecule has 2 aliphatic heterocycles. The summed E-state index contributed by atoms with van der Waals surface area (Å²) in [5.74, 6) is 0.680. The molecule has 0 radical (unpaired) electrons. The van der Waals surface area contributed by atoms with Gasteiger partial charge in [0.05, 0.1) is 24.9 Å². The number of ether oxygens (including phenoxy) is 3. The van der Waals surface area contributed by atoms with Crippen LogP contribution in [0.15, 0.2) is 54.9 Å². The molecule has 11 heteroatoms. The highest BCUT2D eigenvalue weighted by Gasteiger charge is 2.36. The van der Waals surface area contributed by atoms with E-state index in [0.29, 0.717) is 34.3 Å². The molecule has 5 rings (SSSR count). The van der Waals surface area contributed by atoms with Crippen molar-refractivity contribution in [1.82, 2.24) is 9.78 Å². The van der Waals surface area contributed by atoms with Gasteiger partial charge in [0, 0.05) is 36.6 Å². The Morgan fingerprint density at radius 3 is 2.69 bits per heavy atom. The standard InChI is InChI=1S/C24H23N5O6/c1-33-19-5-2-16(3-6-19)26-22(30)13-28-12-17(10-25-28)27-24(32)15-8-23(31)29(11-15)18-4-7-20-21(9-18)35-14-34-20/h2-7,9-10,12,15H,8,11,13-14H2,1H3,(H,26,30)(H,27,32). The minimum Gasteiger partial charge on any atom is -0.497 e. The molecule has 2 aromatic carbocycles. The Labute approximate surface area is 200 Å². The number of hydrogen-bond acceptors (Lipinski definition) is 7. The zero-order valence-electron chi connectivity index (χ0n) is 18.9. The molecule has 1 saturated heterocycles. The van der Waals surface area contributed by atoms with Gasteiger partial charge in [0.25, 0.3) is 0 Å². The number of aromatic nitrogens is 2. The maximum Gasteiger partial charge on any atom is 0.246 e. The summed E-state index contributed by atoms with van der Waals surface area (Å²) in [5, 5.41) is 9.69. The average Bonchev–Trinajstić information content (AvgIpc) is 3.59. The lowest BCUT2D eigenvalue weighted by atomic mass is 10.1. The van der Waals surface area contributed by atoms with Crippen LogP contribution in [-0.4, -0.2) is 47.9 Å². The summed E-state index contributed by atoms with van der Waals surface area (Å²) in [7, 11) is 1.57. The van der Waals surface area contributed by atoms with Gasteiger partial charge in [0.1, 0.15) is 12.3 Å². The van der Waals surface area contributed by atoms with Crippen LogP contribution in [0.25, 0.3) is 0 Å². The number of amides is 3. The van der Waals surface area contributed by atoms with E-state index >= 15 is 0 Å². The van der Waals surface area contributed by atoms with Crippen molar-refractivity contribution in [1.29, 1.82) is 0 Å². The Balaban J connectivity index is 1.15. The van der Waals surface area contributed by atoms with E-state index in [0.717, 1.165) is 0 Å². The Morgan fingerprint density at radius 1 is 1.09 bits per heavy atom. The van der Waals surface area contributed by atoms with Gasteiger partial charge >= 0.3 is 0 Å². The highest BCUT2D eigenvalue weighted by atomic mass is 16.7. The molecule has 3 aromatic rings. The lowest BCUT2D eigenvalue weighted by molar-refractivity contribution is -0.122. The number of carbonyl (C=O) groups excluding carboxylic acids is 3. The number of carbonyl (C=O) groups is 3. The molecule has 1 aromatic heterocycles. The van der Waals surface area contributed by atoms with Crippen LogP contribution in [-0.2, 0) is 20.9 Å². The number of methoxy groups -OCH3 is 1. The Kier molecular flexibility index (Phi) is 5.96. The molecule has 1 fully saturated rings. The third-order valence-electron chi connectivity index (χ3n) is 5.74. The summed E-state index contributed by atoms with van der Waals surface area (Å²) >= 11 is 0. The predicted octanol–water partition coefficient (Wildman–Crippen LogP) is 2.25. The van der Waals surface area contributed by atoms with Crippen molar-refractivity contribution >= 4 is 34.8 Å². The largest absolute Gasteiger partial charge is 0.497 e. The van der Waals surface area contributed by atoms with Gasteiger partial charge in [-0.1, -0.05) is 0 Å². The molecule has 0 bridgehead atoms. The van der Waals surface area contributed by atoms with Gasteiger partial charge in [-0.25, -0.2) is 0 Å². The van der Waals surface area contributed by atoms with Crippen LogP contribution >= 0.6 is 0 Å². The molecule has 1 unspecified atom stereocenters. The smallest absolute Gasteiger partial charge is 0.246 e. The average molecular weight is 477 g/mol. The zero-order chi connectivity index (χ0) is 24.4. The number of nitrogens with zero attached hydrogens (tertiary/aromatic N) is 3. The first-order chi connectivity index (χ1) is 17.0. The normalized spacial score (nSPS) is 16.3. The number of anilines is 3. The molecule has 0 aliphatic carbocycles. The number of benzene rings is 2. The summed E-state index contributed by atoms with van der Waals surface area (Å²) in [6, 6.07) is 12.2. The molecular formula is C24H23N5O6. The van der Waals surface area contributed by atoms with Crippen molar-refractivity contribution in [2.24, 2.45) is 5.92 Å². The number of hydrogen-bond donors (Lipinski definition) is 2. The molecule has 3 amide bonds. The number of fused-ring (bicyclic) bond motifs is 1. The van der Waals surface area contributed by atoms with Crippen LogP contribution < -0.4 is 29.7 Å². The summed E-state index contributed by atoms with van der Waals surface area (Å²) in [6.07, 6.45) is 3.13. The second-order valence-electron chi connectivity index (χ2n) is 8.14. The molecular weight excluding hydrogens is 454 g/mol. The van der Waals surface area contributed by atoms with Crippen molar-refractivity contribution in [3.05, 3.63) is 54.9 Å². The van der Waals surface area contributed by atoms with Crippen LogP contribution in [0.1, 0.15) is 6.42 Å². The Bertz CT molecular complexity index is 1270. The van der Waals surface area contributed by atoms with Crippen molar-refractivity contribution in [3.63, 3.8) is 0 Å². The van der Waals surface area contributed by atoms with Gasteiger partial charge in [-0.15, -0.1) is 0 Å². The third-order valence-corrected chi connectivity index (χ3v) is 5.74. The van der Waals surface area contributed by atoms with E-state index in [1.165, 1.54) is 10.9 Å². The Morgan fingerprint density at radius 2 is 1.89 bits per heavy atom. The topological polar surface area (TPSA) is 124 Å². The van der Waals surface area contributed by atoms with E-state index < -0.39 is 5.92 Å². The lowest BCUT2D eigenvalue weighted by Crippen LogP contribution is -2.28. The van der Waals surface area contributed by atoms with Crippen LogP contribution in [0.5, 0.6) is 17.2 Å². The maximum atomic E-state index is 12.8. The fourth-order valence-electron chi connectivity index (χ4n) is 3.97. The maximum absolute atomic E-state index is 12.8. The lowest BCUT2D eigenvalue weighted by Gasteiger charge is -2.17. The highest BCUT2D eigenvalue weighted by Crippen LogP contribution is 2.37. The fraction of sp³-hybridized carbons (Fsp3) is 0.250. The molecule has 2 N–H and O–H groups in total. The first-order valence-corrected chi connectivity index (χ1v) is 11.0. The SMILES string of the molecule is COc1ccc(NC(=O)Cn2cc(NC(=O)C3CC(=O)N(c4ccc5c(c4)OCO5)C3)cn2)cc1. The van der Waals surface area contributed by atoms with Crippen molar-refractivity contribution in [2.45, 2.75) is 13.0 Å². The van der Waals surface area contributed by atoms with E-state index in [9.17, 15) is 14.4 Å². The van der Waals surface area contributed by atoms with E-state index in [2.05, 4.69) is 15.7 Å². The first-order valence-electron chi connectivity index (χ1n) is 11.0. The van der Waals surface area contributed by atoms with Gasteiger partial charge in [0.2, 0.25) is 24.5 Å². The summed E-state index contributed by atoms with van der Waals surface area (Å²) in [5.41, 5.74) is 1.74. The monoisotopic (exact) mass is 477 g/mol. The second-order valence-corrected chi connectivity index (χ2v) is 8.14. The molecule has 35 heavy (non-hydrogen) atoms. The summed E-state index contributed by atoms with van der Waals surface area (Å²) in [4.78, 5) is 39.2. The summed E-state index contributed by atoms with van der Waals surface area (Å²) < 4.78 is 17.2. The van der Waals surface area contributed by atoms with Crippen LogP contribution in [0, 0.1) is 5.92 Å². The van der Waals surface area contributed by atoms with E-state index in [4.69, 9.17) is 14.2 Å². The molecule has 180 valence electrons. The van der Waals surface area contributed by atoms with Crippen LogP contribution in [0.3, 0.4) is 0 Å². The van der Waals surface area contributed by atoms with Crippen LogP contribution in [0.2, 0.25) is 0 Å². The third kappa shape index (κ3) is 4.88. The minimum absolute atomic E-state index is 0.0261. The van der Waals surface area contributed by atoms with Gasteiger partial charge in [-0.2, -0.15) is 5.10 Å². The van der Waals surface area contributed by atoms with Crippen molar-refractivity contribution in [3.8, 4) is 17.2 Å². The molecule has 0 saturated carbocycles. The van der Waals surface area contributed by atoms with Gasteiger partial charge in [0.15, 0.2) is 11.5 Å². The molecule has 1 atom stereocenters. The van der Waals surface area contributed by atoms with E-state index in [-0.39, 0.29) is 44.0 Å². The molecule has 11 nitrogen and oxygen atoms in total. The zero-order valence-corrected chi connectivity index (χ0v) is 18.9. The molecule has 0 spiro atoms. The van der Waals surface area contributed by atoms with E-state index in [1.807, 2.05) is 0 Å². The van der Waals surface area contributed by atoms with Crippen molar-refractivity contribution in [2.75, 3.05) is 36.0 Å². The van der Waals surface area contributed by atoms with Crippen LogP contribution in [0.4, 0.5) is 17.1 Å². The highest BCUT2D eigenvalue weighted by molar-refractivity contribution is 6.03. The number of rotatable bonds is 7. The van der Waals surface area contributed by atoms with Gasteiger partial charge in [-0.3, -0.25) is 19.1 Å². The first kappa shape index (κ1) is 22.3. The van der Waals surface area contributed by atoms with E-state index in [1.54, 1.807) is 60.7 Å². The fourth-order valence-corrected chi connectivity index (χ4v) is 3.97. The van der Waals surface area contributed by atoms with Gasteiger partial charge in [-0.05, 0) is 36.4 Å². The quantitative estimate of drug-likeness (QED) is 0.535.